The van der Waals surface area contributed by atoms with Gasteiger partial charge in [0.1, 0.15) is 0 Å². The fourth-order valence-corrected chi connectivity index (χ4v) is 4.01. The number of alkyl halides is 1. The van der Waals surface area contributed by atoms with E-state index in [2.05, 4.69) is 22.9 Å². The summed E-state index contributed by atoms with van der Waals surface area (Å²) in [6, 6.07) is 1.94. The third kappa shape index (κ3) is 2.16. The number of hydrogen-bond donors (Lipinski definition) is 0. The Bertz CT molecular complexity index is 315. The maximum atomic E-state index is 6.07. The van der Waals surface area contributed by atoms with Crippen LogP contribution in [0.3, 0.4) is 0 Å². The Hall–Kier alpha value is 0.430. The zero-order chi connectivity index (χ0) is 10.1. The lowest BCUT2D eigenvalue weighted by Crippen LogP contribution is -2.13. The van der Waals surface area contributed by atoms with Crippen LogP contribution in [0.1, 0.15) is 29.5 Å². The molecule has 0 N–H and O–H groups in total. The first kappa shape index (κ1) is 10.9. The molecule has 0 aromatic carbocycles. The van der Waals surface area contributed by atoms with Gasteiger partial charge in [-0.25, -0.2) is 0 Å². The molecule has 3 unspecified atom stereocenters. The van der Waals surface area contributed by atoms with Gasteiger partial charge in [0.05, 0.1) is 22.1 Å². The van der Waals surface area contributed by atoms with Gasteiger partial charge in [-0.1, -0.05) is 27.5 Å². The Balaban J connectivity index is 2.09. The topological polar surface area (TPSA) is 9.23 Å². The van der Waals surface area contributed by atoms with Crippen molar-refractivity contribution in [2.45, 2.75) is 36.8 Å². The number of halogens is 2. The van der Waals surface area contributed by atoms with Gasteiger partial charge < -0.3 is 4.74 Å². The molecule has 1 aliphatic rings. The van der Waals surface area contributed by atoms with Crippen molar-refractivity contribution < 1.29 is 4.74 Å². The predicted octanol–water partition coefficient (Wildman–Crippen LogP) is 4.41. The molecule has 1 nitrogen and oxygen atoms in total. The van der Waals surface area contributed by atoms with Crippen LogP contribution in [0.25, 0.3) is 0 Å². The van der Waals surface area contributed by atoms with Crippen LogP contribution in [0.15, 0.2) is 11.4 Å². The third-order valence-corrected chi connectivity index (χ3v) is 5.28. The second kappa shape index (κ2) is 4.52. The molecule has 0 saturated carbocycles. The molecule has 1 aliphatic heterocycles. The van der Waals surface area contributed by atoms with Crippen molar-refractivity contribution in [2.24, 2.45) is 0 Å². The summed E-state index contributed by atoms with van der Waals surface area (Å²) in [7, 11) is 0. The largest absolute Gasteiger partial charge is 0.374 e. The summed E-state index contributed by atoms with van der Waals surface area (Å²) in [5, 5.41) is 2.87. The first-order valence-corrected chi connectivity index (χ1v) is 6.88. The van der Waals surface area contributed by atoms with Crippen LogP contribution in [0.2, 0.25) is 5.02 Å². The Morgan fingerprint density at radius 3 is 2.93 bits per heavy atom. The van der Waals surface area contributed by atoms with Crippen molar-refractivity contribution in [1.29, 1.82) is 0 Å². The lowest BCUT2D eigenvalue weighted by Gasteiger charge is -2.16. The van der Waals surface area contributed by atoms with E-state index in [9.17, 15) is 0 Å². The molecule has 1 aromatic rings. The van der Waals surface area contributed by atoms with Crippen molar-refractivity contribution in [3.63, 3.8) is 0 Å². The maximum absolute atomic E-state index is 6.07. The summed E-state index contributed by atoms with van der Waals surface area (Å²) in [5.41, 5.74) is 0. The molecule has 0 bridgehead atoms. The summed E-state index contributed by atoms with van der Waals surface area (Å²) in [5.74, 6) is 0. The highest BCUT2D eigenvalue weighted by Crippen LogP contribution is 2.41. The van der Waals surface area contributed by atoms with E-state index in [-0.39, 0.29) is 10.9 Å². The molecule has 2 heterocycles. The molecule has 1 saturated heterocycles. The van der Waals surface area contributed by atoms with Gasteiger partial charge in [-0.2, -0.15) is 0 Å². The maximum Gasteiger partial charge on any atom is 0.0765 e. The van der Waals surface area contributed by atoms with Crippen LogP contribution >= 0.6 is 38.9 Å². The van der Waals surface area contributed by atoms with Crippen LogP contribution in [0, 0.1) is 0 Å². The van der Waals surface area contributed by atoms with Gasteiger partial charge in [0.15, 0.2) is 0 Å². The molecular formula is C10H12BrClOS. The van der Waals surface area contributed by atoms with Crippen LogP contribution < -0.4 is 0 Å². The molecule has 0 spiro atoms. The standard InChI is InChI=1S/C10H12BrClOS/c1-6-2-3-8(13-6)9(11)10-7(12)4-5-14-10/h4-6,8-9H,2-3H2,1H3. The second-order valence-corrected chi connectivity index (χ2v) is 5.94. The van der Waals surface area contributed by atoms with Crippen LogP contribution in [-0.4, -0.2) is 12.2 Å². The van der Waals surface area contributed by atoms with E-state index in [1.165, 1.54) is 4.88 Å². The van der Waals surface area contributed by atoms with Crippen LogP contribution in [0.5, 0.6) is 0 Å². The molecule has 3 atom stereocenters. The first-order chi connectivity index (χ1) is 6.68. The monoisotopic (exact) mass is 294 g/mol. The minimum absolute atomic E-state index is 0.250. The normalized spacial score (nSPS) is 29.4. The van der Waals surface area contributed by atoms with E-state index in [4.69, 9.17) is 16.3 Å². The molecule has 0 aliphatic carbocycles. The van der Waals surface area contributed by atoms with Gasteiger partial charge in [0, 0.05) is 4.88 Å². The van der Waals surface area contributed by atoms with Crippen molar-refractivity contribution in [2.75, 3.05) is 0 Å². The summed E-state index contributed by atoms with van der Waals surface area (Å²) in [6.45, 7) is 2.12. The Kier molecular flexibility index (Phi) is 3.53. The number of rotatable bonds is 2. The summed E-state index contributed by atoms with van der Waals surface area (Å²) in [4.78, 5) is 1.44. The highest BCUT2D eigenvalue weighted by atomic mass is 79.9. The van der Waals surface area contributed by atoms with Crippen LogP contribution in [-0.2, 0) is 4.74 Å². The average Bonchev–Trinajstić information content (AvgIpc) is 2.73. The van der Waals surface area contributed by atoms with E-state index < -0.39 is 0 Å². The van der Waals surface area contributed by atoms with Gasteiger partial charge in [-0.15, -0.1) is 11.3 Å². The third-order valence-electron chi connectivity index (χ3n) is 2.49. The van der Waals surface area contributed by atoms with Gasteiger partial charge >= 0.3 is 0 Å². The van der Waals surface area contributed by atoms with E-state index in [1.54, 1.807) is 11.3 Å². The lowest BCUT2D eigenvalue weighted by atomic mass is 10.1. The summed E-state index contributed by atoms with van der Waals surface area (Å²) >= 11 is 11.4. The minimum atomic E-state index is 0.250. The molecule has 1 fully saturated rings. The molecular weight excluding hydrogens is 284 g/mol. The summed E-state index contributed by atoms with van der Waals surface area (Å²) in [6.07, 6.45) is 2.93. The first-order valence-electron chi connectivity index (χ1n) is 4.71. The minimum Gasteiger partial charge on any atom is -0.374 e. The van der Waals surface area contributed by atoms with Gasteiger partial charge in [0.25, 0.3) is 0 Å². The second-order valence-electron chi connectivity index (χ2n) is 3.60. The average molecular weight is 296 g/mol. The van der Waals surface area contributed by atoms with Crippen molar-refractivity contribution >= 4 is 38.9 Å². The number of hydrogen-bond acceptors (Lipinski definition) is 2. The SMILES string of the molecule is CC1CCC(C(Br)c2sccc2Cl)O1. The molecule has 2 rings (SSSR count). The Labute approximate surface area is 102 Å². The fourth-order valence-electron chi connectivity index (χ4n) is 1.72. The van der Waals surface area contributed by atoms with Gasteiger partial charge in [-0.05, 0) is 31.2 Å². The molecule has 14 heavy (non-hydrogen) atoms. The fraction of sp³-hybridized carbons (Fsp3) is 0.600. The highest BCUT2D eigenvalue weighted by molar-refractivity contribution is 9.09. The number of ether oxygens (including phenoxy) is 1. The van der Waals surface area contributed by atoms with Crippen molar-refractivity contribution in [3.05, 3.63) is 21.3 Å². The van der Waals surface area contributed by atoms with Gasteiger partial charge in [-0.3, -0.25) is 0 Å². The van der Waals surface area contributed by atoms with Crippen molar-refractivity contribution in [3.8, 4) is 0 Å². The van der Waals surface area contributed by atoms with E-state index >= 15 is 0 Å². The van der Waals surface area contributed by atoms with Crippen LogP contribution in [0.4, 0.5) is 0 Å². The Morgan fingerprint density at radius 1 is 1.64 bits per heavy atom. The van der Waals surface area contributed by atoms with E-state index in [1.807, 2.05) is 11.4 Å². The molecule has 4 heteroatoms. The van der Waals surface area contributed by atoms with Crippen molar-refractivity contribution in [1.82, 2.24) is 0 Å². The van der Waals surface area contributed by atoms with E-state index in [0.717, 1.165) is 17.9 Å². The Morgan fingerprint density at radius 2 is 2.43 bits per heavy atom. The highest BCUT2D eigenvalue weighted by Gasteiger charge is 2.30. The van der Waals surface area contributed by atoms with Gasteiger partial charge in [0.2, 0.25) is 0 Å². The lowest BCUT2D eigenvalue weighted by molar-refractivity contribution is 0.0561. The molecule has 0 amide bonds. The molecule has 0 radical (unpaired) electrons. The zero-order valence-electron chi connectivity index (χ0n) is 7.87. The number of thiophene rings is 1. The predicted molar refractivity (Wildman–Crippen MR) is 64.6 cm³/mol. The van der Waals surface area contributed by atoms with E-state index in [0.29, 0.717) is 6.10 Å². The quantitative estimate of drug-likeness (QED) is 0.735. The smallest absolute Gasteiger partial charge is 0.0765 e. The molecule has 1 aromatic heterocycles. The molecule has 78 valence electrons. The zero-order valence-corrected chi connectivity index (χ0v) is 11.0. The summed E-state index contributed by atoms with van der Waals surface area (Å²) < 4.78 is 5.80.